The van der Waals surface area contributed by atoms with Crippen LogP contribution in [0.25, 0.3) is 5.82 Å². The minimum Gasteiger partial charge on any atom is -0.490 e. The molecule has 0 aliphatic rings. The van der Waals surface area contributed by atoms with E-state index in [0.717, 1.165) is 10.8 Å². The van der Waals surface area contributed by atoms with Crippen LogP contribution in [-0.4, -0.2) is 27.2 Å². The van der Waals surface area contributed by atoms with E-state index in [1.807, 2.05) is 0 Å². The molecule has 0 aromatic carbocycles. The lowest BCUT2D eigenvalue weighted by Gasteiger charge is -2.11. The average Bonchev–Trinajstić information content (AvgIpc) is 2.43. The second kappa shape index (κ2) is 5.52. The van der Waals surface area contributed by atoms with Crippen LogP contribution in [-0.2, 0) is 0 Å². The summed E-state index contributed by atoms with van der Waals surface area (Å²) in [5, 5.41) is 9.09. The first kappa shape index (κ1) is 13.7. The summed E-state index contributed by atoms with van der Waals surface area (Å²) >= 11 is 0. The van der Waals surface area contributed by atoms with Crippen LogP contribution < -0.4 is 10.3 Å². The summed E-state index contributed by atoms with van der Waals surface area (Å²) in [5.74, 6) is -2.92. The Balaban J connectivity index is 2.75. The van der Waals surface area contributed by atoms with Crippen molar-refractivity contribution in [2.24, 2.45) is 0 Å². The van der Waals surface area contributed by atoms with Crippen molar-refractivity contribution < 1.29 is 19.0 Å². The molecule has 0 atom stereocenters. The molecule has 0 amide bonds. The van der Waals surface area contributed by atoms with Crippen LogP contribution in [0.2, 0.25) is 0 Å². The maximum atomic E-state index is 13.9. The molecular formula is C13H11FN2O4. The molecule has 20 heavy (non-hydrogen) atoms. The van der Waals surface area contributed by atoms with Gasteiger partial charge in [0.25, 0.3) is 5.56 Å². The van der Waals surface area contributed by atoms with Gasteiger partial charge in [-0.15, -0.1) is 0 Å². The highest BCUT2D eigenvalue weighted by atomic mass is 19.1. The Bertz CT molecular complexity index is 698. The van der Waals surface area contributed by atoms with Crippen molar-refractivity contribution in [3.05, 3.63) is 52.3 Å². The Kier molecular flexibility index (Phi) is 3.79. The smallest absolute Gasteiger partial charge is 0.345 e. The Hall–Kier alpha value is -2.70. The summed E-state index contributed by atoms with van der Waals surface area (Å²) in [4.78, 5) is 27.2. The van der Waals surface area contributed by atoms with E-state index >= 15 is 0 Å². The van der Waals surface area contributed by atoms with Gasteiger partial charge in [-0.3, -0.25) is 9.36 Å². The number of nitrogens with zero attached hydrogens (tertiary/aromatic N) is 2. The average molecular weight is 278 g/mol. The zero-order chi connectivity index (χ0) is 14.7. The number of aromatic carboxylic acids is 1. The molecular weight excluding hydrogens is 267 g/mol. The lowest BCUT2D eigenvalue weighted by Crippen LogP contribution is -2.27. The molecule has 2 aromatic heterocycles. The van der Waals surface area contributed by atoms with E-state index in [-0.39, 0.29) is 12.4 Å². The van der Waals surface area contributed by atoms with Gasteiger partial charge in [0.2, 0.25) is 0 Å². The number of pyridine rings is 2. The zero-order valence-electron chi connectivity index (χ0n) is 10.5. The van der Waals surface area contributed by atoms with E-state index in [2.05, 4.69) is 4.98 Å². The van der Waals surface area contributed by atoms with Crippen LogP contribution in [0.5, 0.6) is 5.75 Å². The fraction of sp³-hybridized carbons (Fsp3) is 0.154. The fourth-order valence-electron chi connectivity index (χ4n) is 1.71. The van der Waals surface area contributed by atoms with Crippen LogP contribution in [0, 0.1) is 5.82 Å². The molecule has 0 radical (unpaired) electrons. The highest BCUT2D eigenvalue weighted by Crippen LogP contribution is 2.20. The number of rotatable bonds is 4. The van der Waals surface area contributed by atoms with Crippen LogP contribution in [0.15, 0.2) is 35.4 Å². The Morgan fingerprint density at radius 3 is 2.80 bits per heavy atom. The van der Waals surface area contributed by atoms with E-state index < -0.39 is 28.7 Å². The van der Waals surface area contributed by atoms with Crippen LogP contribution in [0.4, 0.5) is 4.39 Å². The van der Waals surface area contributed by atoms with Gasteiger partial charge in [0.05, 0.1) is 12.8 Å². The van der Waals surface area contributed by atoms with Gasteiger partial charge in [0, 0.05) is 6.20 Å². The first-order valence-corrected chi connectivity index (χ1v) is 5.79. The minimum atomic E-state index is -1.55. The minimum absolute atomic E-state index is 0.0459. The quantitative estimate of drug-likeness (QED) is 0.915. The molecule has 0 saturated heterocycles. The number of carboxylic acids is 1. The fourth-order valence-corrected chi connectivity index (χ4v) is 1.71. The summed E-state index contributed by atoms with van der Waals surface area (Å²) in [7, 11) is 0. The third kappa shape index (κ3) is 2.37. The van der Waals surface area contributed by atoms with E-state index in [4.69, 9.17) is 9.84 Å². The number of halogens is 1. The summed E-state index contributed by atoms with van der Waals surface area (Å²) in [5.41, 5.74) is -1.65. The third-order valence-corrected chi connectivity index (χ3v) is 2.52. The van der Waals surface area contributed by atoms with E-state index in [0.29, 0.717) is 0 Å². The Labute approximate surface area is 113 Å². The van der Waals surface area contributed by atoms with E-state index in [9.17, 15) is 14.0 Å². The molecule has 2 rings (SSSR count). The molecule has 1 N–H and O–H groups in total. The molecule has 0 spiro atoms. The summed E-state index contributed by atoms with van der Waals surface area (Å²) in [6.45, 7) is 1.61. The van der Waals surface area contributed by atoms with Crippen molar-refractivity contribution in [3.63, 3.8) is 0 Å². The number of carbonyl (C=O) groups is 1. The monoisotopic (exact) mass is 278 g/mol. The first-order valence-electron chi connectivity index (χ1n) is 5.79. The zero-order valence-corrected chi connectivity index (χ0v) is 10.5. The SMILES string of the molecule is CCOc1c(F)cn(-c2ccccn2)c(=O)c1C(=O)O. The van der Waals surface area contributed by atoms with Crippen molar-refractivity contribution >= 4 is 5.97 Å². The maximum absolute atomic E-state index is 13.9. The van der Waals surface area contributed by atoms with E-state index in [1.165, 1.54) is 12.3 Å². The second-order valence-corrected chi connectivity index (χ2v) is 3.78. The molecule has 6 nitrogen and oxygen atoms in total. The van der Waals surface area contributed by atoms with Gasteiger partial charge in [-0.05, 0) is 19.1 Å². The van der Waals surface area contributed by atoms with Crippen molar-refractivity contribution in [2.45, 2.75) is 6.92 Å². The topological polar surface area (TPSA) is 81.4 Å². The van der Waals surface area contributed by atoms with Gasteiger partial charge in [0.15, 0.2) is 17.1 Å². The molecule has 0 aliphatic heterocycles. The number of ether oxygens (including phenoxy) is 1. The van der Waals surface area contributed by atoms with Gasteiger partial charge in [0.1, 0.15) is 5.82 Å². The van der Waals surface area contributed by atoms with Gasteiger partial charge in [-0.2, -0.15) is 0 Å². The lowest BCUT2D eigenvalue weighted by atomic mass is 10.2. The first-order chi connectivity index (χ1) is 9.56. The lowest BCUT2D eigenvalue weighted by molar-refractivity contribution is 0.0688. The van der Waals surface area contributed by atoms with Gasteiger partial charge in [-0.1, -0.05) is 6.07 Å². The normalized spacial score (nSPS) is 10.3. The highest BCUT2D eigenvalue weighted by Gasteiger charge is 2.23. The molecule has 2 heterocycles. The van der Waals surface area contributed by atoms with Crippen LogP contribution in [0.1, 0.15) is 17.3 Å². The molecule has 0 saturated carbocycles. The molecule has 2 aromatic rings. The second-order valence-electron chi connectivity index (χ2n) is 3.78. The molecule has 104 valence electrons. The number of carboxylic acid groups (broad SMARTS) is 1. The third-order valence-electron chi connectivity index (χ3n) is 2.52. The predicted octanol–water partition coefficient (Wildman–Crippen LogP) is 1.47. The number of hydrogen-bond donors (Lipinski definition) is 1. The molecule has 0 aliphatic carbocycles. The van der Waals surface area contributed by atoms with Gasteiger partial charge in [-0.25, -0.2) is 14.2 Å². The number of aromatic nitrogens is 2. The van der Waals surface area contributed by atoms with Crippen molar-refractivity contribution in [2.75, 3.05) is 6.61 Å². The summed E-state index contributed by atoms with van der Waals surface area (Å²) < 4.78 is 19.7. The molecule has 0 unspecified atom stereocenters. The van der Waals surface area contributed by atoms with E-state index in [1.54, 1.807) is 19.1 Å². The van der Waals surface area contributed by atoms with Gasteiger partial charge >= 0.3 is 5.97 Å². The van der Waals surface area contributed by atoms with Crippen LogP contribution >= 0.6 is 0 Å². The highest BCUT2D eigenvalue weighted by molar-refractivity contribution is 5.90. The molecule has 0 fully saturated rings. The summed E-state index contributed by atoms with van der Waals surface area (Å²) in [6, 6.07) is 4.69. The maximum Gasteiger partial charge on any atom is 0.345 e. The number of hydrogen-bond acceptors (Lipinski definition) is 4. The molecule has 0 bridgehead atoms. The summed E-state index contributed by atoms with van der Waals surface area (Å²) in [6.07, 6.45) is 2.28. The largest absolute Gasteiger partial charge is 0.490 e. The van der Waals surface area contributed by atoms with Gasteiger partial charge < -0.3 is 9.84 Å². The molecule has 7 heteroatoms. The van der Waals surface area contributed by atoms with Crippen molar-refractivity contribution in [1.29, 1.82) is 0 Å². The Morgan fingerprint density at radius 1 is 1.50 bits per heavy atom. The standard InChI is InChI=1S/C13H11FN2O4/c1-2-20-11-8(14)7-16(9-5-3-4-6-15-9)12(17)10(11)13(18)19/h3-7H,2H2,1H3,(H,18,19). The predicted molar refractivity (Wildman–Crippen MR) is 67.9 cm³/mol. The van der Waals surface area contributed by atoms with Crippen molar-refractivity contribution in [1.82, 2.24) is 9.55 Å². The Morgan fingerprint density at radius 2 is 2.25 bits per heavy atom. The van der Waals surface area contributed by atoms with Crippen molar-refractivity contribution in [3.8, 4) is 11.6 Å². The van der Waals surface area contributed by atoms with Crippen LogP contribution in [0.3, 0.4) is 0 Å².